The first kappa shape index (κ1) is 11.2. The van der Waals surface area contributed by atoms with E-state index < -0.39 is 0 Å². The molecule has 1 N–H and O–H groups in total. The molecule has 0 unspecified atom stereocenters. The molecule has 2 rings (SSSR count). The Morgan fingerprint density at radius 2 is 1.88 bits per heavy atom. The van der Waals surface area contributed by atoms with Gasteiger partial charge in [-0.15, -0.1) is 0 Å². The van der Waals surface area contributed by atoms with E-state index in [2.05, 4.69) is 41.7 Å². The van der Waals surface area contributed by atoms with Gasteiger partial charge in [-0.05, 0) is 43.3 Å². The average Bonchev–Trinajstić information content (AvgIpc) is 2.38. The van der Waals surface area contributed by atoms with Crippen LogP contribution in [0.5, 0.6) is 0 Å². The summed E-state index contributed by atoms with van der Waals surface area (Å²) in [5.74, 6) is 0. The van der Waals surface area contributed by atoms with Crippen LogP contribution in [-0.4, -0.2) is 13.1 Å². The van der Waals surface area contributed by atoms with Gasteiger partial charge in [-0.1, -0.05) is 30.3 Å². The zero-order chi connectivity index (χ0) is 11.3. The van der Waals surface area contributed by atoms with Crippen molar-refractivity contribution < 1.29 is 0 Å². The summed E-state index contributed by atoms with van der Waals surface area (Å²) in [5, 5.41) is 12.2. The maximum absolute atomic E-state index is 8.79. The van der Waals surface area contributed by atoms with Gasteiger partial charge in [0.15, 0.2) is 0 Å². The topological polar surface area (TPSA) is 35.8 Å². The van der Waals surface area contributed by atoms with Crippen LogP contribution in [0.15, 0.2) is 30.3 Å². The second-order valence-corrected chi connectivity index (χ2v) is 4.55. The molecule has 0 aromatic heterocycles. The Bertz CT molecular complexity index is 358. The highest BCUT2D eigenvalue weighted by Gasteiger charge is 2.32. The Balaban J connectivity index is 2.23. The van der Waals surface area contributed by atoms with Crippen LogP contribution in [0, 0.1) is 11.3 Å². The molecule has 2 nitrogen and oxygen atoms in total. The Morgan fingerprint density at radius 3 is 2.50 bits per heavy atom. The second-order valence-electron chi connectivity index (χ2n) is 4.55. The summed E-state index contributed by atoms with van der Waals surface area (Å²) < 4.78 is 0. The smallest absolute Gasteiger partial charge is 0.0622 e. The molecule has 1 fully saturated rings. The lowest BCUT2D eigenvalue weighted by molar-refractivity contribution is 0.290. The molecule has 1 saturated heterocycles. The molecule has 0 amide bonds. The first-order valence-electron chi connectivity index (χ1n) is 6.01. The zero-order valence-corrected chi connectivity index (χ0v) is 9.58. The van der Waals surface area contributed by atoms with E-state index in [0.29, 0.717) is 6.42 Å². The van der Waals surface area contributed by atoms with Gasteiger partial charge in [0.2, 0.25) is 0 Å². The van der Waals surface area contributed by atoms with Crippen molar-refractivity contribution in [1.82, 2.24) is 5.32 Å². The van der Waals surface area contributed by atoms with Gasteiger partial charge < -0.3 is 5.32 Å². The van der Waals surface area contributed by atoms with Gasteiger partial charge in [-0.2, -0.15) is 5.26 Å². The van der Waals surface area contributed by atoms with E-state index in [1.54, 1.807) is 0 Å². The Morgan fingerprint density at radius 1 is 1.19 bits per heavy atom. The fourth-order valence-corrected chi connectivity index (χ4v) is 2.68. The van der Waals surface area contributed by atoms with E-state index >= 15 is 0 Å². The van der Waals surface area contributed by atoms with E-state index in [-0.39, 0.29) is 5.41 Å². The van der Waals surface area contributed by atoms with Gasteiger partial charge in [0.05, 0.1) is 6.07 Å². The maximum atomic E-state index is 8.79. The summed E-state index contributed by atoms with van der Waals surface area (Å²) in [4.78, 5) is 0. The van der Waals surface area contributed by atoms with Crippen molar-refractivity contribution in [2.75, 3.05) is 13.1 Å². The third-order valence-electron chi connectivity index (χ3n) is 3.66. The van der Waals surface area contributed by atoms with Crippen molar-refractivity contribution in [1.29, 1.82) is 5.26 Å². The lowest BCUT2D eigenvalue weighted by Crippen LogP contribution is -2.39. The molecule has 1 heterocycles. The number of nitriles is 1. The van der Waals surface area contributed by atoms with Crippen molar-refractivity contribution >= 4 is 0 Å². The molecule has 0 saturated carbocycles. The molecular formula is C14H18N2. The van der Waals surface area contributed by atoms with E-state index in [1.165, 1.54) is 5.56 Å². The van der Waals surface area contributed by atoms with Gasteiger partial charge in [-0.3, -0.25) is 0 Å². The Labute approximate surface area is 97.3 Å². The second kappa shape index (κ2) is 5.14. The monoisotopic (exact) mass is 214 g/mol. The van der Waals surface area contributed by atoms with Crippen LogP contribution in [0.25, 0.3) is 0 Å². The standard InChI is InChI=1S/C14H18N2/c15-10-4-7-14(8-11-16-12-9-14)13-5-2-1-3-6-13/h1-3,5-6,16H,4,7-9,11-12H2. The van der Waals surface area contributed by atoms with Crippen LogP contribution >= 0.6 is 0 Å². The minimum atomic E-state index is 0.238. The van der Waals surface area contributed by atoms with Crippen LogP contribution in [0.4, 0.5) is 0 Å². The maximum Gasteiger partial charge on any atom is 0.0622 e. The van der Waals surface area contributed by atoms with Crippen LogP contribution in [-0.2, 0) is 5.41 Å². The van der Waals surface area contributed by atoms with Gasteiger partial charge in [0, 0.05) is 6.42 Å². The van der Waals surface area contributed by atoms with Crippen molar-refractivity contribution in [2.24, 2.45) is 0 Å². The SMILES string of the molecule is N#CCCC1(c2ccccc2)CCNCC1. The number of piperidine rings is 1. The quantitative estimate of drug-likeness (QED) is 0.839. The first-order valence-corrected chi connectivity index (χ1v) is 6.01. The minimum Gasteiger partial charge on any atom is -0.317 e. The summed E-state index contributed by atoms with van der Waals surface area (Å²) in [6.07, 6.45) is 3.96. The van der Waals surface area contributed by atoms with E-state index in [1.807, 2.05) is 0 Å². The van der Waals surface area contributed by atoms with Gasteiger partial charge in [-0.25, -0.2) is 0 Å². The summed E-state index contributed by atoms with van der Waals surface area (Å²) >= 11 is 0. The van der Waals surface area contributed by atoms with Crippen LogP contribution in [0.2, 0.25) is 0 Å². The van der Waals surface area contributed by atoms with Crippen molar-refractivity contribution in [3.8, 4) is 6.07 Å². The summed E-state index contributed by atoms with van der Waals surface area (Å²) in [6.45, 7) is 2.14. The Kier molecular flexibility index (Phi) is 3.58. The van der Waals surface area contributed by atoms with E-state index in [9.17, 15) is 0 Å². The van der Waals surface area contributed by atoms with E-state index in [4.69, 9.17) is 5.26 Å². The number of nitrogens with zero attached hydrogens (tertiary/aromatic N) is 1. The number of nitrogens with one attached hydrogen (secondary N) is 1. The van der Waals surface area contributed by atoms with Crippen molar-refractivity contribution in [3.63, 3.8) is 0 Å². The summed E-state index contributed by atoms with van der Waals surface area (Å²) in [5.41, 5.74) is 1.65. The van der Waals surface area contributed by atoms with Gasteiger partial charge in [0.1, 0.15) is 0 Å². The first-order chi connectivity index (χ1) is 7.87. The van der Waals surface area contributed by atoms with Crippen LogP contribution in [0.1, 0.15) is 31.2 Å². The fraction of sp³-hybridized carbons (Fsp3) is 0.500. The van der Waals surface area contributed by atoms with Crippen molar-refractivity contribution in [3.05, 3.63) is 35.9 Å². The molecule has 0 atom stereocenters. The molecule has 1 aromatic carbocycles. The number of rotatable bonds is 3. The zero-order valence-electron chi connectivity index (χ0n) is 9.58. The van der Waals surface area contributed by atoms with Gasteiger partial charge in [0.25, 0.3) is 0 Å². The van der Waals surface area contributed by atoms with Crippen LogP contribution < -0.4 is 5.32 Å². The molecule has 1 aliphatic rings. The largest absolute Gasteiger partial charge is 0.317 e. The molecule has 0 spiro atoms. The predicted molar refractivity (Wildman–Crippen MR) is 65.1 cm³/mol. The lowest BCUT2D eigenvalue weighted by Gasteiger charge is -2.38. The van der Waals surface area contributed by atoms with E-state index in [0.717, 1.165) is 32.4 Å². The van der Waals surface area contributed by atoms with Crippen LogP contribution in [0.3, 0.4) is 0 Å². The third-order valence-corrected chi connectivity index (χ3v) is 3.66. The molecule has 0 radical (unpaired) electrons. The average molecular weight is 214 g/mol. The lowest BCUT2D eigenvalue weighted by atomic mass is 9.70. The minimum absolute atomic E-state index is 0.238. The molecular weight excluding hydrogens is 196 g/mol. The molecule has 16 heavy (non-hydrogen) atoms. The molecule has 0 aliphatic carbocycles. The fourth-order valence-electron chi connectivity index (χ4n) is 2.68. The predicted octanol–water partition coefficient (Wildman–Crippen LogP) is 2.61. The Hall–Kier alpha value is -1.33. The number of benzene rings is 1. The van der Waals surface area contributed by atoms with Crippen molar-refractivity contribution in [2.45, 2.75) is 31.1 Å². The molecule has 1 aliphatic heterocycles. The normalized spacial score (nSPS) is 18.9. The molecule has 1 aromatic rings. The third kappa shape index (κ3) is 2.25. The summed E-state index contributed by atoms with van der Waals surface area (Å²) in [6, 6.07) is 13.0. The number of hydrogen-bond acceptors (Lipinski definition) is 2. The molecule has 2 heteroatoms. The highest BCUT2D eigenvalue weighted by Crippen LogP contribution is 2.37. The highest BCUT2D eigenvalue weighted by atomic mass is 14.9. The molecule has 0 bridgehead atoms. The summed E-state index contributed by atoms with van der Waals surface area (Å²) in [7, 11) is 0. The highest BCUT2D eigenvalue weighted by molar-refractivity contribution is 5.26. The van der Waals surface area contributed by atoms with Gasteiger partial charge >= 0.3 is 0 Å². The molecule has 84 valence electrons. The number of hydrogen-bond donors (Lipinski definition) is 1.